The van der Waals surface area contributed by atoms with Crippen LogP contribution < -0.4 is 5.32 Å². The number of hydrogen-bond donors (Lipinski definition) is 1. The lowest BCUT2D eigenvalue weighted by Crippen LogP contribution is -2.47. The van der Waals surface area contributed by atoms with E-state index in [2.05, 4.69) is 17.3 Å². The molecule has 2 heteroatoms. The second-order valence-corrected chi connectivity index (χ2v) is 4.49. The topological polar surface area (TPSA) is 15.3 Å². The second kappa shape index (κ2) is 4.43. The molecule has 0 aromatic rings. The van der Waals surface area contributed by atoms with Crippen molar-refractivity contribution in [3.8, 4) is 0 Å². The molecule has 2 rings (SSSR count). The summed E-state index contributed by atoms with van der Waals surface area (Å²) in [5, 5.41) is 3.47. The Bertz CT molecular complexity index is 152. The van der Waals surface area contributed by atoms with Crippen LogP contribution in [0.1, 0.15) is 38.5 Å². The first-order valence-electron chi connectivity index (χ1n) is 5.83. The first-order valence-corrected chi connectivity index (χ1v) is 5.83. The number of hydrogen-bond acceptors (Lipinski definition) is 2. The monoisotopic (exact) mass is 182 g/mol. The number of likely N-dealkylation sites (tertiary alicyclic amines) is 1. The lowest BCUT2D eigenvalue weighted by molar-refractivity contribution is 0.146. The van der Waals surface area contributed by atoms with Gasteiger partial charge in [-0.1, -0.05) is 12.8 Å². The smallest absolute Gasteiger partial charge is 0.0249 e. The number of rotatable bonds is 2. The molecule has 0 bridgehead atoms. The molecule has 1 aliphatic carbocycles. The van der Waals surface area contributed by atoms with Crippen LogP contribution in [0, 0.1) is 0 Å². The fourth-order valence-electron chi connectivity index (χ4n) is 2.96. The molecule has 0 amide bonds. The molecule has 0 aromatic carbocycles. The molecule has 2 fully saturated rings. The molecule has 0 aromatic heterocycles. The summed E-state index contributed by atoms with van der Waals surface area (Å²) in [5.74, 6) is 0. The lowest BCUT2D eigenvalue weighted by Gasteiger charge is -2.35. The van der Waals surface area contributed by atoms with E-state index in [-0.39, 0.29) is 0 Å². The van der Waals surface area contributed by atoms with Gasteiger partial charge in [-0.3, -0.25) is 4.90 Å². The summed E-state index contributed by atoms with van der Waals surface area (Å²) in [7, 11) is 2.12. The molecular weight excluding hydrogens is 160 g/mol. The zero-order chi connectivity index (χ0) is 9.10. The SMILES string of the molecule is CN[C@@H]1CCC[C@@H]1N1CCCCC1. The highest BCUT2D eigenvalue weighted by molar-refractivity contribution is 4.90. The molecule has 76 valence electrons. The molecule has 0 unspecified atom stereocenters. The summed E-state index contributed by atoms with van der Waals surface area (Å²) in [6.07, 6.45) is 8.53. The van der Waals surface area contributed by atoms with Crippen LogP contribution in [0.2, 0.25) is 0 Å². The minimum Gasteiger partial charge on any atom is -0.315 e. The molecule has 0 spiro atoms. The summed E-state index contributed by atoms with van der Waals surface area (Å²) >= 11 is 0. The zero-order valence-electron chi connectivity index (χ0n) is 8.76. The van der Waals surface area contributed by atoms with Crippen molar-refractivity contribution in [2.24, 2.45) is 0 Å². The van der Waals surface area contributed by atoms with Gasteiger partial charge in [0.05, 0.1) is 0 Å². The van der Waals surface area contributed by atoms with Crippen LogP contribution in [0.5, 0.6) is 0 Å². The van der Waals surface area contributed by atoms with E-state index in [0.717, 1.165) is 12.1 Å². The van der Waals surface area contributed by atoms with E-state index in [1.165, 1.54) is 51.6 Å². The van der Waals surface area contributed by atoms with E-state index in [1.807, 2.05) is 0 Å². The third-order valence-corrected chi connectivity index (χ3v) is 3.71. The highest BCUT2D eigenvalue weighted by Gasteiger charge is 2.31. The van der Waals surface area contributed by atoms with E-state index < -0.39 is 0 Å². The summed E-state index contributed by atoms with van der Waals surface area (Å²) in [5.41, 5.74) is 0. The fraction of sp³-hybridized carbons (Fsp3) is 1.00. The maximum Gasteiger partial charge on any atom is 0.0249 e. The Labute approximate surface area is 81.7 Å². The Kier molecular flexibility index (Phi) is 3.23. The van der Waals surface area contributed by atoms with Crippen molar-refractivity contribution in [3.05, 3.63) is 0 Å². The van der Waals surface area contributed by atoms with E-state index in [9.17, 15) is 0 Å². The van der Waals surface area contributed by atoms with Crippen molar-refractivity contribution in [1.82, 2.24) is 10.2 Å². The Hall–Kier alpha value is -0.0800. The van der Waals surface area contributed by atoms with Gasteiger partial charge in [0.2, 0.25) is 0 Å². The molecule has 2 aliphatic rings. The normalized spacial score (nSPS) is 36.7. The Balaban J connectivity index is 1.90. The predicted molar refractivity (Wildman–Crippen MR) is 55.9 cm³/mol. The predicted octanol–water partition coefficient (Wildman–Crippen LogP) is 1.61. The van der Waals surface area contributed by atoms with Crippen LogP contribution >= 0.6 is 0 Å². The van der Waals surface area contributed by atoms with Crippen molar-refractivity contribution in [1.29, 1.82) is 0 Å². The molecular formula is C11H22N2. The molecule has 2 nitrogen and oxygen atoms in total. The maximum absolute atomic E-state index is 3.47. The molecule has 1 N–H and O–H groups in total. The van der Waals surface area contributed by atoms with Gasteiger partial charge in [-0.2, -0.15) is 0 Å². The van der Waals surface area contributed by atoms with E-state index >= 15 is 0 Å². The standard InChI is InChI=1S/C11H22N2/c1-12-10-6-5-7-11(10)13-8-3-2-4-9-13/h10-12H,2-9H2,1H3/t10-,11+/m1/s1. The van der Waals surface area contributed by atoms with Crippen molar-refractivity contribution in [3.63, 3.8) is 0 Å². The van der Waals surface area contributed by atoms with Gasteiger partial charge in [0.15, 0.2) is 0 Å². The van der Waals surface area contributed by atoms with Gasteiger partial charge in [0.1, 0.15) is 0 Å². The van der Waals surface area contributed by atoms with Crippen LogP contribution in [0.15, 0.2) is 0 Å². The van der Waals surface area contributed by atoms with Gasteiger partial charge in [-0.15, -0.1) is 0 Å². The maximum atomic E-state index is 3.47. The first kappa shape index (κ1) is 9.47. The van der Waals surface area contributed by atoms with E-state index in [1.54, 1.807) is 0 Å². The number of likely N-dealkylation sites (N-methyl/N-ethyl adjacent to an activating group) is 1. The highest BCUT2D eigenvalue weighted by atomic mass is 15.2. The van der Waals surface area contributed by atoms with Gasteiger partial charge >= 0.3 is 0 Å². The summed E-state index contributed by atoms with van der Waals surface area (Å²) in [6, 6.07) is 1.63. The molecule has 1 aliphatic heterocycles. The number of piperidine rings is 1. The summed E-state index contributed by atoms with van der Waals surface area (Å²) in [6.45, 7) is 2.70. The number of nitrogens with zero attached hydrogens (tertiary/aromatic N) is 1. The number of nitrogens with one attached hydrogen (secondary N) is 1. The van der Waals surface area contributed by atoms with Gasteiger partial charge in [0, 0.05) is 12.1 Å². The first-order chi connectivity index (χ1) is 6.42. The quantitative estimate of drug-likeness (QED) is 0.698. The van der Waals surface area contributed by atoms with Crippen LogP contribution in [0.25, 0.3) is 0 Å². The van der Waals surface area contributed by atoms with Gasteiger partial charge in [-0.05, 0) is 45.8 Å². The second-order valence-electron chi connectivity index (χ2n) is 4.49. The molecule has 1 heterocycles. The highest BCUT2D eigenvalue weighted by Crippen LogP contribution is 2.26. The third-order valence-electron chi connectivity index (χ3n) is 3.71. The van der Waals surface area contributed by atoms with Crippen LogP contribution in [0.3, 0.4) is 0 Å². The molecule has 1 saturated carbocycles. The van der Waals surface area contributed by atoms with Crippen molar-refractivity contribution >= 4 is 0 Å². The summed E-state index contributed by atoms with van der Waals surface area (Å²) < 4.78 is 0. The minimum absolute atomic E-state index is 0.776. The van der Waals surface area contributed by atoms with Crippen molar-refractivity contribution in [2.75, 3.05) is 20.1 Å². The van der Waals surface area contributed by atoms with Gasteiger partial charge in [-0.25, -0.2) is 0 Å². The van der Waals surface area contributed by atoms with Gasteiger partial charge in [0.25, 0.3) is 0 Å². The van der Waals surface area contributed by atoms with Gasteiger partial charge < -0.3 is 5.32 Å². The molecule has 1 saturated heterocycles. The van der Waals surface area contributed by atoms with E-state index in [0.29, 0.717) is 0 Å². The average molecular weight is 182 g/mol. The Morgan fingerprint density at radius 3 is 2.46 bits per heavy atom. The van der Waals surface area contributed by atoms with Crippen molar-refractivity contribution < 1.29 is 0 Å². The Morgan fingerprint density at radius 2 is 1.77 bits per heavy atom. The Morgan fingerprint density at radius 1 is 1.00 bits per heavy atom. The lowest BCUT2D eigenvalue weighted by atomic mass is 10.1. The molecule has 13 heavy (non-hydrogen) atoms. The average Bonchev–Trinajstić information content (AvgIpc) is 2.67. The van der Waals surface area contributed by atoms with Crippen molar-refractivity contribution in [2.45, 2.75) is 50.6 Å². The summed E-state index contributed by atoms with van der Waals surface area (Å²) in [4.78, 5) is 2.72. The largest absolute Gasteiger partial charge is 0.315 e. The zero-order valence-corrected chi connectivity index (χ0v) is 8.76. The van der Waals surface area contributed by atoms with Crippen LogP contribution in [-0.4, -0.2) is 37.1 Å². The third kappa shape index (κ3) is 2.05. The molecule has 0 radical (unpaired) electrons. The van der Waals surface area contributed by atoms with E-state index in [4.69, 9.17) is 0 Å². The fourth-order valence-corrected chi connectivity index (χ4v) is 2.96. The molecule has 2 atom stereocenters. The van der Waals surface area contributed by atoms with Crippen LogP contribution in [-0.2, 0) is 0 Å². The van der Waals surface area contributed by atoms with Crippen LogP contribution in [0.4, 0.5) is 0 Å². The minimum atomic E-state index is 0.776.